The van der Waals surface area contributed by atoms with Crippen LogP contribution in [0.5, 0.6) is 0 Å². The van der Waals surface area contributed by atoms with Gasteiger partial charge in [-0.25, -0.2) is 4.79 Å². The smallest absolute Gasteiger partial charge is 0.426 e. The van der Waals surface area contributed by atoms with Crippen LogP contribution < -0.4 is 0 Å². The third-order valence-electron chi connectivity index (χ3n) is 4.18. The van der Waals surface area contributed by atoms with E-state index in [2.05, 4.69) is 6.58 Å². The first-order chi connectivity index (χ1) is 10.8. The molecule has 1 aliphatic rings. The molecule has 2 atom stereocenters. The number of rotatable bonds is 4. The lowest BCUT2D eigenvalue weighted by atomic mass is 9.85. The molecule has 1 fully saturated rings. The summed E-state index contributed by atoms with van der Waals surface area (Å²) in [5, 5.41) is 9.27. The number of ether oxygens (including phenoxy) is 1. The summed E-state index contributed by atoms with van der Waals surface area (Å²) < 4.78 is 81.6. The zero-order valence-corrected chi connectivity index (χ0v) is 13.1. The van der Waals surface area contributed by atoms with Crippen molar-refractivity contribution in [3.8, 4) is 0 Å². The fourth-order valence-electron chi connectivity index (χ4n) is 2.73. The topological polar surface area (TPSA) is 46.5 Å². The molecule has 0 bridgehead atoms. The van der Waals surface area contributed by atoms with E-state index in [1.807, 2.05) is 0 Å². The summed E-state index contributed by atoms with van der Waals surface area (Å²) in [4.78, 5) is 11.4. The second-order valence-corrected chi connectivity index (χ2v) is 6.24. The molecular weight excluding hydrogens is 342 g/mol. The zero-order chi connectivity index (χ0) is 18.8. The highest BCUT2D eigenvalue weighted by molar-refractivity contribution is 5.87. The number of alkyl halides is 6. The number of carbonyl (C=O) groups excluding carboxylic acids is 1. The molecule has 1 aliphatic carbocycles. The summed E-state index contributed by atoms with van der Waals surface area (Å²) in [6.07, 6.45) is -12.7. The van der Waals surface area contributed by atoms with Gasteiger partial charge in [-0.3, -0.25) is 0 Å². The molecule has 0 heterocycles. The number of aliphatic hydroxyl groups is 1. The van der Waals surface area contributed by atoms with Gasteiger partial charge in [0.15, 0.2) is 0 Å². The number of halogens is 6. The van der Waals surface area contributed by atoms with Crippen molar-refractivity contribution in [1.82, 2.24) is 0 Å². The van der Waals surface area contributed by atoms with Gasteiger partial charge in [-0.05, 0) is 44.9 Å². The Labute approximate surface area is 135 Å². The highest BCUT2D eigenvalue weighted by atomic mass is 19.4. The molecular formula is C15H20F6O3. The lowest BCUT2D eigenvalue weighted by Crippen LogP contribution is -2.57. The number of esters is 1. The molecule has 0 aromatic heterocycles. The fourth-order valence-corrected chi connectivity index (χ4v) is 2.73. The molecule has 0 aromatic rings. The monoisotopic (exact) mass is 362 g/mol. The molecule has 0 saturated heterocycles. The van der Waals surface area contributed by atoms with Crippen LogP contribution in [0.15, 0.2) is 12.2 Å². The van der Waals surface area contributed by atoms with Gasteiger partial charge in [0.1, 0.15) is 6.10 Å². The predicted octanol–water partition coefficient (Wildman–Crippen LogP) is 4.30. The van der Waals surface area contributed by atoms with Crippen molar-refractivity contribution in [2.45, 2.75) is 69.5 Å². The molecule has 0 spiro atoms. The van der Waals surface area contributed by atoms with Gasteiger partial charge in [0.2, 0.25) is 0 Å². The Morgan fingerprint density at radius 2 is 1.62 bits per heavy atom. The van der Waals surface area contributed by atoms with Gasteiger partial charge in [0, 0.05) is 5.57 Å². The van der Waals surface area contributed by atoms with Crippen LogP contribution in [0, 0.1) is 5.92 Å². The largest absolute Gasteiger partial charge is 0.459 e. The van der Waals surface area contributed by atoms with Crippen LogP contribution in [0.4, 0.5) is 26.3 Å². The van der Waals surface area contributed by atoms with Crippen molar-refractivity contribution in [3.05, 3.63) is 12.2 Å². The van der Waals surface area contributed by atoms with Crippen LogP contribution in [0.2, 0.25) is 0 Å². The van der Waals surface area contributed by atoms with Crippen LogP contribution >= 0.6 is 0 Å². The van der Waals surface area contributed by atoms with E-state index >= 15 is 0 Å². The fraction of sp³-hybridized carbons (Fsp3) is 0.800. The van der Waals surface area contributed by atoms with E-state index in [9.17, 15) is 36.2 Å². The van der Waals surface area contributed by atoms with Gasteiger partial charge in [-0.1, -0.05) is 13.0 Å². The molecule has 2 unspecified atom stereocenters. The Bertz CT molecular complexity index is 455. The summed E-state index contributed by atoms with van der Waals surface area (Å²) in [6, 6.07) is 0. The Hall–Kier alpha value is -1.25. The van der Waals surface area contributed by atoms with Crippen LogP contribution in [0.25, 0.3) is 0 Å². The molecule has 24 heavy (non-hydrogen) atoms. The molecule has 1 N–H and O–H groups in total. The minimum Gasteiger partial charge on any atom is -0.459 e. The first-order valence-electron chi connectivity index (χ1n) is 7.50. The molecule has 0 radical (unpaired) electrons. The molecule has 0 amide bonds. The van der Waals surface area contributed by atoms with Gasteiger partial charge in [-0.15, -0.1) is 0 Å². The van der Waals surface area contributed by atoms with Crippen LogP contribution in [-0.2, 0) is 9.53 Å². The SMILES string of the molecule is C=C(C)C(=O)OC1CCCC(CC(O)(C(F)(F)F)C(F)(F)F)CC1. The second kappa shape index (κ2) is 7.33. The summed E-state index contributed by atoms with van der Waals surface area (Å²) in [6.45, 7) is 4.84. The molecule has 140 valence electrons. The summed E-state index contributed by atoms with van der Waals surface area (Å²) in [5.74, 6) is -1.60. The van der Waals surface area contributed by atoms with E-state index in [4.69, 9.17) is 4.74 Å². The number of hydrogen-bond acceptors (Lipinski definition) is 3. The van der Waals surface area contributed by atoms with E-state index in [1.54, 1.807) is 0 Å². The van der Waals surface area contributed by atoms with Crippen LogP contribution in [-0.4, -0.2) is 35.1 Å². The van der Waals surface area contributed by atoms with Crippen molar-refractivity contribution in [3.63, 3.8) is 0 Å². The van der Waals surface area contributed by atoms with Crippen molar-refractivity contribution in [2.75, 3.05) is 0 Å². The molecule has 0 aliphatic heterocycles. The second-order valence-electron chi connectivity index (χ2n) is 6.24. The van der Waals surface area contributed by atoms with Gasteiger partial charge >= 0.3 is 18.3 Å². The molecule has 1 saturated carbocycles. The van der Waals surface area contributed by atoms with Crippen molar-refractivity contribution in [2.24, 2.45) is 5.92 Å². The Kier molecular flexibility index (Phi) is 6.35. The van der Waals surface area contributed by atoms with Crippen molar-refractivity contribution < 1.29 is 41.0 Å². The van der Waals surface area contributed by atoms with Crippen LogP contribution in [0.3, 0.4) is 0 Å². The van der Waals surface area contributed by atoms with E-state index in [0.717, 1.165) is 0 Å². The minimum atomic E-state index is -5.80. The molecule has 9 heteroatoms. The van der Waals surface area contributed by atoms with Crippen LogP contribution in [0.1, 0.15) is 45.4 Å². The predicted molar refractivity (Wildman–Crippen MR) is 72.9 cm³/mol. The first-order valence-corrected chi connectivity index (χ1v) is 7.50. The Morgan fingerprint density at radius 3 is 2.08 bits per heavy atom. The first kappa shape index (κ1) is 20.8. The van der Waals surface area contributed by atoms with E-state index < -0.39 is 42.4 Å². The van der Waals surface area contributed by atoms with Gasteiger partial charge in [-0.2, -0.15) is 26.3 Å². The summed E-state index contributed by atoms with van der Waals surface area (Å²) in [7, 11) is 0. The maximum absolute atomic E-state index is 12.7. The molecule has 3 nitrogen and oxygen atoms in total. The Balaban J connectivity index is 2.76. The molecule has 0 aromatic carbocycles. The summed E-state index contributed by atoms with van der Waals surface area (Å²) in [5.41, 5.74) is -4.56. The lowest BCUT2D eigenvalue weighted by molar-refractivity contribution is -0.372. The Morgan fingerprint density at radius 1 is 1.08 bits per heavy atom. The van der Waals surface area contributed by atoms with E-state index in [0.29, 0.717) is 12.8 Å². The maximum atomic E-state index is 12.7. The lowest BCUT2D eigenvalue weighted by Gasteiger charge is -2.35. The highest BCUT2D eigenvalue weighted by Gasteiger charge is 2.70. The maximum Gasteiger partial charge on any atom is 0.426 e. The zero-order valence-electron chi connectivity index (χ0n) is 13.1. The normalized spacial score (nSPS) is 23.5. The third kappa shape index (κ3) is 4.87. The van der Waals surface area contributed by atoms with Crippen molar-refractivity contribution >= 4 is 5.97 Å². The van der Waals surface area contributed by atoms with Crippen molar-refractivity contribution in [1.29, 1.82) is 0 Å². The standard InChI is InChI=1S/C15H20F6O3/c1-9(2)12(22)24-11-5-3-4-10(6-7-11)8-13(23,14(16,17)18)15(19,20)21/h10-11,23H,1,3-8H2,2H3. The average molecular weight is 362 g/mol. The minimum absolute atomic E-state index is 0.00259. The number of hydrogen-bond donors (Lipinski definition) is 1. The quantitative estimate of drug-likeness (QED) is 0.351. The van der Waals surface area contributed by atoms with Gasteiger partial charge < -0.3 is 9.84 Å². The number of carbonyl (C=O) groups is 1. The van der Waals surface area contributed by atoms with E-state index in [-0.39, 0.29) is 24.8 Å². The molecule has 1 rings (SSSR count). The van der Waals surface area contributed by atoms with Gasteiger partial charge in [0.25, 0.3) is 5.60 Å². The average Bonchev–Trinajstić information content (AvgIpc) is 2.61. The van der Waals surface area contributed by atoms with Gasteiger partial charge in [0.05, 0.1) is 0 Å². The third-order valence-corrected chi connectivity index (χ3v) is 4.18. The van der Waals surface area contributed by atoms with E-state index in [1.165, 1.54) is 6.92 Å². The summed E-state index contributed by atoms with van der Waals surface area (Å²) >= 11 is 0. The highest BCUT2D eigenvalue weighted by Crippen LogP contribution is 2.48.